The van der Waals surface area contributed by atoms with Crippen molar-refractivity contribution in [3.05, 3.63) is 53.6 Å². The number of anilines is 2. The standard InChI is InChI=1S/C21H19ClN6O3S/c1-30-13-9-7-12(8-10-13)19-25-20(31-27-19)17-18(23)28(26-21(17)32-2)11-16(29)24-15-6-4-3-5-14(15)22/h3-10H,11,23H2,1-2H3,(H,24,29). The SMILES string of the molecule is COc1ccc(-c2noc(-c3c(SC)nn(CC(=O)Nc4ccccc4Cl)c3N)n2)cc1. The van der Waals surface area contributed by atoms with E-state index in [2.05, 4.69) is 20.6 Å². The van der Waals surface area contributed by atoms with Crippen molar-refractivity contribution in [2.45, 2.75) is 11.6 Å². The second-order valence-electron chi connectivity index (χ2n) is 6.61. The molecule has 4 rings (SSSR count). The third-order valence-electron chi connectivity index (χ3n) is 4.58. The molecule has 0 saturated carbocycles. The molecule has 0 aliphatic rings. The zero-order chi connectivity index (χ0) is 22.7. The number of nitrogens with one attached hydrogen (secondary N) is 1. The highest BCUT2D eigenvalue weighted by Gasteiger charge is 2.24. The number of benzene rings is 2. The Morgan fingerprint density at radius 1 is 1.25 bits per heavy atom. The first-order chi connectivity index (χ1) is 15.5. The molecule has 0 saturated heterocycles. The van der Waals surface area contributed by atoms with E-state index in [9.17, 15) is 4.79 Å². The molecule has 3 N–H and O–H groups in total. The van der Waals surface area contributed by atoms with Gasteiger partial charge in [-0.15, -0.1) is 11.8 Å². The summed E-state index contributed by atoms with van der Waals surface area (Å²) >= 11 is 7.46. The van der Waals surface area contributed by atoms with Gasteiger partial charge in [0, 0.05) is 5.56 Å². The van der Waals surface area contributed by atoms with E-state index in [4.69, 9.17) is 26.6 Å². The van der Waals surface area contributed by atoms with Gasteiger partial charge in [0.05, 0.1) is 17.8 Å². The van der Waals surface area contributed by atoms with Crippen LogP contribution >= 0.6 is 23.4 Å². The van der Waals surface area contributed by atoms with Gasteiger partial charge in [0.25, 0.3) is 5.89 Å². The highest BCUT2D eigenvalue weighted by molar-refractivity contribution is 7.98. The number of halogens is 1. The molecule has 11 heteroatoms. The van der Waals surface area contributed by atoms with Gasteiger partial charge < -0.3 is 20.3 Å². The van der Waals surface area contributed by atoms with Crippen LogP contribution in [0.5, 0.6) is 5.75 Å². The van der Waals surface area contributed by atoms with Crippen LogP contribution in [0.3, 0.4) is 0 Å². The summed E-state index contributed by atoms with van der Waals surface area (Å²) in [5, 5.41) is 12.2. The lowest BCUT2D eigenvalue weighted by Gasteiger charge is -2.08. The fraction of sp³-hybridized carbons (Fsp3) is 0.143. The van der Waals surface area contributed by atoms with Gasteiger partial charge in [-0.05, 0) is 42.7 Å². The van der Waals surface area contributed by atoms with Crippen LogP contribution < -0.4 is 15.8 Å². The number of aromatic nitrogens is 4. The molecule has 4 aromatic rings. The highest BCUT2D eigenvalue weighted by atomic mass is 35.5. The third-order valence-corrected chi connectivity index (χ3v) is 5.58. The van der Waals surface area contributed by atoms with E-state index in [0.717, 1.165) is 11.3 Å². The van der Waals surface area contributed by atoms with Crippen LogP contribution in [-0.4, -0.2) is 39.2 Å². The van der Waals surface area contributed by atoms with Crippen LogP contribution in [0.15, 0.2) is 58.1 Å². The van der Waals surface area contributed by atoms with Gasteiger partial charge in [0.2, 0.25) is 11.7 Å². The number of rotatable bonds is 7. The number of nitrogens with zero attached hydrogens (tertiary/aromatic N) is 4. The summed E-state index contributed by atoms with van der Waals surface area (Å²) in [4.78, 5) is 17.0. The van der Waals surface area contributed by atoms with Crippen LogP contribution in [0.25, 0.3) is 22.8 Å². The number of methoxy groups -OCH3 is 1. The monoisotopic (exact) mass is 470 g/mol. The summed E-state index contributed by atoms with van der Waals surface area (Å²) < 4.78 is 12.0. The predicted octanol–water partition coefficient (Wildman–Crippen LogP) is 4.20. The molecular weight excluding hydrogens is 452 g/mol. The number of nitrogen functional groups attached to an aromatic ring is 1. The van der Waals surface area contributed by atoms with Crippen LogP contribution in [0, 0.1) is 0 Å². The smallest absolute Gasteiger partial charge is 0.264 e. The van der Waals surface area contributed by atoms with Crippen molar-refractivity contribution in [1.29, 1.82) is 0 Å². The molecule has 0 unspecified atom stereocenters. The van der Waals surface area contributed by atoms with Crippen molar-refractivity contribution in [3.63, 3.8) is 0 Å². The summed E-state index contributed by atoms with van der Waals surface area (Å²) in [6.07, 6.45) is 1.85. The molecule has 2 aromatic heterocycles. The Kier molecular flexibility index (Phi) is 6.33. The zero-order valence-corrected chi connectivity index (χ0v) is 18.8. The zero-order valence-electron chi connectivity index (χ0n) is 17.2. The molecule has 0 aliphatic carbocycles. The normalized spacial score (nSPS) is 10.8. The lowest BCUT2D eigenvalue weighted by Crippen LogP contribution is -2.20. The van der Waals surface area contributed by atoms with Crippen molar-refractivity contribution in [3.8, 4) is 28.6 Å². The Labute approximate surface area is 192 Å². The van der Waals surface area contributed by atoms with Gasteiger partial charge in [-0.25, -0.2) is 4.68 Å². The number of para-hydroxylation sites is 1. The minimum atomic E-state index is -0.323. The number of carbonyl (C=O) groups excluding carboxylic acids is 1. The van der Waals surface area contributed by atoms with Crippen molar-refractivity contribution in [2.75, 3.05) is 24.4 Å². The minimum absolute atomic E-state index is 0.107. The first kappa shape index (κ1) is 21.7. The van der Waals surface area contributed by atoms with Crippen LogP contribution in [0.4, 0.5) is 11.5 Å². The van der Waals surface area contributed by atoms with Crippen molar-refractivity contribution in [1.82, 2.24) is 19.9 Å². The van der Waals surface area contributed by atoms with Gasteiger partial charge in [-0.1, -0.05) is 28.9 Å². The molecular formula is C21H19ClN6O3S. The van der Waals surface area contributed by atoms with Crippen molar-refractivity contribution >= 4 is 40.8 Å². The van der Waals surface area contributed by atoms with Gasteiger partial charge in [0.1, 0.15) is 28.7 Å². The van der Waals surface area contributed by atoms with Crippen LogP contribution in [0.1, 0.15) is 0 Å². The first-order valence-electron chi connectivity index (χ1n) is 9.43. The molecule has 32 heavy (non-hydrogen) atoms. The number of ether oxygens (including phenoxy) is 1. The van der Waals surface area contributed by atoms with Crippen molar-refractivity contribution < 1.29 is 14.1 Å². The Balaban J connectivity index is 1.58. The Bertz CT molecular complexity index is 1250. The quantitative estimate of drug-likeness (QED) is 0.385. The maximum atomic E-state index is 12.5. The van der Waals surface area contributed by atoms with E-state index in [0.29, 0.717) is 27.1 Å². The minimum Gasteiger partial charge on any atom is -0.497 e. The van der Waals surface area contributed by atoms with Gasteiger partial charge in [0.15, 0.2) is 0 Å². The number of hydrogen-bond acceptors (Lipinski definition) is 8. The van der Waals surface area contributed by atoms with Gasteiger partial charge >= 0.3 is 0 Å². The molecule has 2 aromatic carbocycles. The Morgan fingerprint density at radius 3 is 2.69 bits per heavy atom. The number of amides is 1. The molecule has 0 bridgehead atoms. The lowest BCUT2D eigenvalue weighted by atomic mass is 10.2. The second kappa shape index (κ2) is 9.33. The van der Waals surface area contributed by atoms with E-state index in [1.807, 2.05) is 30.5 Å². The summed E-state index contributed by atoms with van der Waals surface area (Å²) in [7, 11) is 1.60. The lowest BCUT2D eigenvalue weighted by molar-refractivity contribution is -0.116. The number of thioether (sulfide) groups is 1. The van der Waals surface area contributed by atoms with Crippen molar-refractivity contribution in [2.24, 2.45) is 0 Å². The third kappa shape index (κ3) is 4.41. The van der Waals surface area contributed by atoms with E-state index in [-0.39, 0.29) is 24.2 Å². The molecule has 0 atom stereocenters. The van der Waals surface area contributed by atoms with Crippen LogP contribution in [0.2, 0.25) is 5.02 Å². The van der Waals surface area contributed by atoms with E-state index < -0.39 is 0 Å². The van der Waals surface area contributed by atoms with Gasteiger partial charge in [-0.2, -0.15) is 10.1 Å². The average Bonchev–Trinajstić information content (AvgIpc) is 3.40. The molecule has 164 valence electrons. The average molecular weight is 471 g/mol. The predicted molar refractivity (Wildman–Crippen MR) is 124 cm³/mol. The largest absolute Gasteiger partial charge is 0.497 e. The van der Waals surface area contributed by atoms with Crippen LogP contribution in [-0.2, 0) is 11.3 Å². The second-order valence-corrected chi connectivity index (χ2v) is 7.81. The maximum Gasteiger partial charge on any atom is 0.264 e. The summed E-state index contributed by atoms with van der Waals surface area (Å²) in [5.41, 5.74) is 8.06. The topological polar surface area (TPSA) is 121 Å². The fourth-order valence-corrected chi connectivity index (χ4v) is 3.75. The van der Waals surface area contributed by atoms with E-state index in [1.54, 1.807) is 31.4 Å². The Hall–Kier alpha value is -3.50. The fourth-order valence-electron chi connectivity index (χ4n) is 2.99. The molecule has 0 fully saturated rings. The van der Waals surface area contributed by atoms with E-state index in [1.165, 1.54) is 16.4 Å². The molecule has 0 radical (unpaired) electrons. The summed E-state index contributed by atoms with van der Waals surface area (Å²) in [6.45, 7) is -0.107. The first-order valence-corrected chi connectivity index (χ1v) is 11.0. The molecule has 1 amide bonds. The maximum absolute atomic E-state index is 12.5. The molecule has 9 nitrogen and oxygen atoms in total. The van der Waals surface area contributed by atoms with Gasteiger partial charge in [-0.3, -0.25) is 4.79 Å². The molecule has 0 aliphatic heterocycles. The van der Waals surface area contributed by atoms with E-state index >= 15 is 0 Å². The highest BCUT2D eigenvalue weighted by Crippen LogP contribution is 2.35. The number of hydrogen-bond donors (Lipinski definition) is 2. The summed E-state index contributed by atoms with van der Waals surface area (Å²) in [5.74, 6) is 1.26. The molecule has 2 heterocycles. The Morgan fingerprint density at radius 2 is 2.00 bits per heavy atom. The number of carbonyl (C=O) groups is 1. The summed E-state index contributed by atoms with van der Waals surface area (Å²) in [6, 6.07) is 14.2. The molecule has 0 spiro atoms. The number of nitrogens with two attached hydrogens (primary N) is 1.